The van der Waals surface area contributed by atoms with E-state index in [1.165, 1.54) is 20.9 Å². The Labute approximate surface area is 289 Å². The first kappa shape index (κ1) is 34.7. The second kappa shape index (κ2) is 14.0. The number of carbonyl (C=O) groups excluding carboxylic acids is 3. The van der Waals surface area contributed by atoms with E-state index in [1.807, 2.05) is 29.0 Å². The van der Waals surface area contributed by atoms with Crippen LogP contribution in [0.4, 0.5) is 10.5 Å². The number of carboxylic acids is 1. The molecule has 2 aromatic rings. The van der Waals surface area contributed by atoms with E-state index >= 15 is 0 Å². The smallest absolute Gasteiger partial charge is 0.408 e. The molecule has 6 rings (SSSR count). The lowest BCUT2D eigenvalue weighted by molar-refractivity contribution is -0.146. The summed E-state index contributed by atoms with van der Waals surface area (Å²) in [6.45, 7) is 6.48. The van der Waals surface area contributed by atoms with Gasteiger partial charge in [-0.25, -0.2) is 14.3 Å². The molecule has 2 saturated heterocycles. The number of aliphatic carboxylic acids is 1. The molecule has 0 spiro atoms. The van der Waals surface area contributed by atoms with Crippen molar-refractivity contribution in [3.63, 3.8) is 0 Å². The van der Waals surface area contributed by atoms with Crippen LogP contribution in [-0.4, -0.2) is 86.5 Å². The van der Waals surface area contributed by atoms with Gasteiger partial charge in [0.2, 0.25) is 11.8 Å². The van der Waals surface area contributed by atoms with E-state index in [2.05, 4.69) is 20.6 Å². The van der Waals surface area contributed by atoms with Gasteiger partial charge in [-0.2, -0.15) is 16.4 Å². The number of hydrogen-bond acceptors (Lipinski definition) is 9. The summed E-state index contributed by atoms with van der Waals surface area (Å²) < 4.78 is 6.84. The minimum Gasteiger partial charge on any atom is -0.479 e. The molecule has 5 atom stereocenters. The van der Waals surface area contributed by atoms with Gasteiger partial charge in [-0.05, 0) is 62.8 Å². The molecule has 3 aliphatic heterocycles. The van der Waals surface area contributed by atoms with Crippen molar-refractivity contribution in [2.45, 2.75) is 108 Å². The lowest BCUT2D eigenvalue weighted by Gasteiger charge is -2.30. The predicted octanol–water partition coefficient (Wildman–Crippen LogP) is 4.09. The first-order chi connectivity index (χ1) is 23.4. The molecule has 1 unspecified atom stereocenters. The summed E-state index contributed by atoms with van der Waals surface area (Å²) in [6, 6.07) is -0.846. The highest BCUT2D eigenvalue weighted by atomic mass is 32.1. The third kappa shape index (κ3) is 7.38. The number of carboxylic acid groups (broad SMARTS) is 1. The Kier molecular flexibility index (Phi) is 9.88. The van der Waals surface area contributed by atoms with Crippen LogP contribution in [0.25, 0.3) is 11.1 Å². The van der Waals surface area contributed by atoms with E-state index in [-0.39, 0.29) is 24.4 Å². The van der Waals surface area contributed by atoms with Gasteiger partial charge in [0.15, 0.2) is 0 Å². The van der Waals surface area contributed by atoms with Crippen LogP contribution >= 0.6 is 11.3 Å². The Balaban J connectivity index is 1.35. The van der Waals surface area contributed by atoms with Gasteiger partial charge in [-0.3, -0.25) is 14.4 Å². The number of amides is 3. The number of fused-ring (bicyclic) bond motifs is 2. The van der Waals surface area contributed by atoms with Gasteiger partial charge < -0.3 is 30.3 Å². The van der Waals surface area contributed by atoms with E-state index in [0.29, 0.717) is 50.0 Å². The number of aromatic nitrogens is 2. The normalized spacial score (nSPS) is 27.8. The second-order valence-corrected chi connectivity index (χ2v) is 15.4. The lowest BCUT2D eigenvalue weighted by Crippen LogP contribution is -2.56. The molecule has 4 aliphatic rings. The van der Waals surface area contributed by atoms with Crippen molar-refractivity contribution in [2.24, 2.45) is 5.92 Å². The highest BCUT2D eigenvalue weighted by Gasteiger charge is 2.62. The minimum atomic E-state index is -1.38. The zero-order valence-corrected chi connectivity index (χ0v) is 29.2. The highest BCUT2D eigenvalue weighted by molar-refractivity contribution is 7.08. The molecule has 5 heterocycles. The summed E-state index contributed by atoms with van der Waals surface area (Å²) in [5.74, 6) is -2.34. The van der Waals surface area contributed by atoms with Crippen LogP contribution in [0.15, 0.2) is 40.0 Å². The third-order valence-corrected chi connectivity index (χ3v) is 10.7. The predicted molar refractivity (Wildman–Crippen MR) is 184 cm³/mol. The van der Waals surface area contributed by atoms with Gasteiger partial charge in [0.25, 0.3) is 5.56 Å². The molecule has 3 fully saturated rings. The maximum absolute atomic E-state index is 14.4. The van der Waals surface area contributed by atoms with E-state index in [4.69, 9.17) is 4.74 Å². The zero-order valence-electron chi connectivity index (χ0n) is 28.4. The van der Waals surface area contributed by atoms with Crippen LogP contribution in [-0.2, 0) is 19.1 Å². The van der Waals surface area contributed by atoms with Gasteiger partial charge in [-0.15, -0.1) is 0 Å². The number of hydrogen-bond donors (Lipinski definition) is 3. The largest absolute Gasteiger partial charge is 0.479 e. The number of alkyl carbamates (subject to hydrolysis) is 1. The van der Waals surface area contributed by atoms with Crippen LogP contribution in [0.3, 0.4) is 0 Å². The van der Waals surface area contributed by atoms with Crippen molar-refractivity contribution < 1.29 is 29.0 Å². The van der Waals surface area contributed by atoms with Crippen LogP contribution in [0, 0.1) is 5.92 Å². The average molecular weight is 695 g/mol. The lowest BCUT2D eigenvalue weighted by atomic mass is 10.0. The average Bonchev–Trinajstić information content (AvgIpc) is 3.56. The van der Waals surface area contributed by atoms with Gasteiger partial charge >= 0.3 is 12.1 Å². The number of anilines is 1. The third-order valence-electron chi connectivity index (χ3n) is 10.0. The monoisotopic (exact) mass is 694 g/mol. The Hall–Kier alpha value is -4.20. The quantitative estimate of drug-likeness (QED) is 0.392. The molecule has 0 bridgehead atoms. The summed E-state index contributed by atoms with van der Waals surface area (Å²) in [6.07, 6.45) is 10.6. The van der Waals surface area contributed by atoms with Crippen molar-refractivity contribution in [2.75, 3.05) is 24.5 Å². The zero-order chi connectivity index (χ0) is 34.9. The first-order valence-electron chi connectivity index (χ1n) is 17.3. The van der Waals surface area contributed by atoms with Crippen molar-refractivity contribution in [3.05, 3.63) is 45.5 Å². The van der Waals surface area contributed by atoms with Crippen molar-refractivity contribution in [3.8, 4) is 11.1 Å². The first-order valence-corrected chi connectivity index (χ1v) is 18.2. The highest BCUT2D eigenvalue weighted by Crippen LogP contribution is 2.47. The maximum atomic E-state index is 14.4. The molecule has 0 radical (unpaired) electrons. The minimum absolute atomic E-state index is 0.0203. The summed E-state index contributed by atoms with van der Waals surface area (Å²) in [5, 5.41) is 24.2. The number of nitrogens with one attached hydrogen (secondary N) is 2. The fourth-order valence-corrected chi connectivity index (χ4v) is 8.07. The molecule has 1 aliphatic carbocycles. The second-order valence-electron chi connectivity index (χ2n) is 14.6. The van der Waals surface area contributed by atoms with Crippen LogP contribution in [0.5, 0.6) is 0 Å². The van der Waals surface area contributed by atoms with Crippen LogP contribution in [0.1, 0.15) is 84.6 Å². The molecule has 13 nitrogen and oxygen atoms in total. The Bertz CT molecular complexity index is 1660. The van der Waals surface area contributed by atoms with E-state index in [9.17, 15) is 29.1 Å². The van der Waals surface area contributed by atoms with E-state index < -0.39 is 53.1 Å². The fraction of sp³-hybridized carbons (Fsp3) is 0.600. The molecule has 3 N–H and O–H groups in total. The molecule has 2 aromatic heterocycles. The molecule has 1 saturated carbocycles. The van der Waals surface area contributed by atoms with Crippen molar-refractivity contribution in [1.82, 2.24) is 25.3 Å². The van der Waals surface area contributed by atoms with Crippen LogP contribution < -0.4 is 21.1 Å². The number of ether oxygens (including phenoxy) is 1. The summed E-state index contributed by atoms with van der Waals surface area (Å²) >= 11 is 1.48. The Morgan fingerprint density at radius 1 is 1.08 bits per heavy atom. The number of thiophene rings is 1. The van der Waals surface area contributed by atoms with Crippen molar-refractivity contribution in [1.29, 1.82) is 0 Å². The molecular formula is C35H46N6O7S. The fourth-order valence-electron chi connectivity index (χ4n) is 7.42. The Morgan fingerprint density at radius 3 is 2.47 bits per heavy atom. The molecule has 0 aromatic carbocycles. The Morgan fingerprint density at radius 2 is 1.80 bits per heavy atom. The number of nitrogens with zero attached hydrogens (tertiary/aromatic N) is 4. The van der Waals surface area contributed by atoms with E-state index in [0.717, 1.165) is 31.2 Å². The summed E-state index contributed by atoms with van der Waals surface area (Å²) in [5.41, 5.74) is -0.545. The number of rotatable bonds is 5. The van der Waals surface area contributed by atoms with Gasteiger partial charge in [0, 0.05) is 31.6 Å². The van der Waals surface area contributed by atoms with Crippen LogP contribution in [0.2, 0.25) is 0 Å². The van der Waals surface area contributed by atoms with Gasteiger partial charge in [0.05, 0.1) is 23.5 Å². The number of carbonyl (C=O) groups is 4. The molecule has 49 heavy (non-hydrogen) atoms. The maximum Gasteiger partial charge on any atom is 0.408 e. The van der Waals surface area contributed by atoms with Gasteiger partial charge in [0.1, 0.15) is 23.2 Å². The molecule has 264 valence electrons. The summed E-state index contributed by atoms with van der Waals surface area (Å²) in [7, 11) is 0. The SMILES string of the molecule is CC(C)(C)OC(=O)N[C@@H]1CCCCCCC[C@@H]2C[C@]2(C(=O)O)NC(=O)C2C[C@H](n3ncc(N4CC=CC4)c(-c4ccsc4)c3=O)CN2C1=O. The molecule has 3 amide bonds. The standard InChI is InChI=1S/C35H46N6O7S/c1-34(2,3)48-33(47)37-25-12-8-6-4-5-7-11-23-18-35(23,32(45)46)38-29(42)26-17-24(20-40(26)30(25)43)41-31(44)28(22-13-16-49-21-22)27(19-36-41)39-14-9-10-15-39/h9-10,13,16,19,21,23-26H,4-8,11-12,14-15,17-18,20H2,1-3H3,(H,37,47)(H,38,42)(H,45,46)/t23-,24+,25-,26?,35+/m1/s1. The summed E-state index contributed by atoms with van der Waals surface area (Å²) in [4.78, 5) is 71.7. The molecular weight excluding hydrogens is 648 g/mol. The topological polar surface area (TPSA) is 163 Å². The van der Waals surface area contributed by atoms with Gasteiger partial charge in [-0.1, -0.05) is 44.3 Å². The van der Waals surface area contributed by atoms with Crippen molar-refractivity contribution >= 4 is 40.9 Å². The molecule has 14 heteroatoms. The van der Waals surface area contributed by atoms with E-state index in [1.54, 1.807) is 27.0 Å².